The van der Waals surface area contributed by atoms with Crippen molar-refractivity contribution in [1.82, 2.24) is 10.6 Å². The molecule has 0 amide bonds. The lowest BCUT2D eigenvalue weighted by molar-refractivity contribution is 0.508. The van der Waals surface area contributed by atoms with Crippen molar-refractivity contribution in [1.29, 1.82) is 0 Å². The highest BCUT2D eigenvalue weighted by Gasteiger charge is 2.24. The first-order chi connectivity index (χ1) is 11.8. The van der Waals surface area contributed by atoms with Crippen LogP contribution >= 0.6 is 35.7 Å². The molecule has 1 unspecified atom stereocenters. The van der Waals surface area contributed by atoms with Gasteiger partial charge in [0.05, 0.1) is 0 Å². The SMILES string of the molecule is CN=C(NCC1CCN(c2ccc(F)c(F)c2)C1)NCC(C)(C)SC.I. The molecule has 26 heavy (non-hydrogen) atoms. The molecule has 0 saturated carbocycles. The van der Waals surface area contributed by atoms with Crippen molar-refractivity contribution in [2.75, 3.05) is 44.4 Å². The number of hydrogen-bond acceptors (Lipinski definition) is 3. The summed E-state index contributed by atoms with van der Waals surface area (Å²) in [6.07, 6.45) is 3.11. The van der Waals surface area contributed by atoms with Crippen LogP contribution in [0.2, 0.25) is 0 Å². The molecule has 8 heteroatoms. The highest BCUT2D eigenvalue weighted by Crippen LogP contribution is 2.25. The summed E-state index contributed by atoms with van der Waals surface area (Å²) in [7, 11) is 1.77. The minimum Gasteiger partial charge on any atom is -0.371 e. The van der Waals surface area contributed by atoms with Crippen LogP contribution in [0.5, 0.6) is 0 Å². The van der Waals surface area contributed by atoms with Gasteiger partial charge in [0.2, 0.25) is 0 Å². The second-order valence-corrected chi connectivity index (χ2v) is 8.48. The Morgan fingerprint density at radius 1 is 1.31 bits per heavy atom. The second kappa shape index (κ2) is 10.5. The zero-order valence-corrected chi connectivity index (χ0v) is 19.0. The summed E-state index contributed by atoms with van der Waals surface area (Å²) >= 11 is 1.81. The Morgan fingerprint density at radius 3 is 2.65 bits per heavy atom. The Kier molecular flexibility index (Phi) is 9.43. The maximum Gasteiger partial charge on any atom is 0.191 e. The number of nitrogens with one attached hydrogen (secondary N) is 2. The molecule has 1 aliphatic heterocycles. The van der Waals surface area contributed by atoms with Crippen LogP contribution in [0, 0.1) is 17.6 Å². The molecule has 0 radical (unpaired) electrons. The molecule has 2 rings (SSSR count). The number of guanidine groups is 1. The number of rotatable bonds is 6. The van der Waals surface area contributed by atoms with Gasteiger partial charge in [-0.2, -0.15) is 11.8 Å². The first kappa shape index (κ1) is 23.3. The Labute approximate surface area is 176 Å². The molecular formula is C18H29F2IN4S. The molecule has 0 spiro atoms. The van der Waals surface area contributed by atoms with Crippen molar-refractivity contribution in [3.05, 3.63) is 29.8 Å². The fourth-order valence-corrected chi connectivity index (χ4v) is 2.96. The summed E-state index contributed by atoms with van der Waals surface area (Å²) in [5, 5.41) is 6.72. The predicted octanol–water partition coefficient (Wildman–Crippen LogP) is 3.72. The first-order valence-corrected chi connectivity index (χ1v) is 9.77. The average molecular weight is 498 g/mol. The summed E-state index contributed by atoms with van der Waals surface area (Å²) in [5.41, 5.74) is 0.741. The highest BCUT2D eigenvalue weighted by atomic mass is 127. The maximum atomic E-state index is 13.4. The van der Waals surface area contributed by atoms with E-state index >= 15 is 0 Å². The Morgan fingerprint density at radius 2 is 2.04 bits per heavy atom. The average Bonchev–Trinajstić information content (AvgIpc) is 3.06. The van der Waals surface area contributed by atoms with Gasteiger partial charge in [-0.3, -0.25) is 4.99 Å². The molecule has 0 bridgehead atoms. The van der Waals surface area contributed by atoms with Gasteiger partial charge in [0.25, 0.3) is 0 Å². The molecular weight excluding hydrogens is 469 g/mol. The van der Waals surface area contributed by atoms with E-state index in [0.717, 1.165) is 44.2 Å². The van der Waals surface area contributed by atoms with Crippen molar-refractivity contribution in [2.24, 2.45) is 10.9 Å². The van der Waals surface area contributed by atoms with Crippen LogP contribution in [-0.2, 0) is 0 Å². The summed E-state index contributed by atoms with van der Waals surface area (Å²) in [5.74, 6) is -0.349. The van der Waals surface area contributed by atoms with Crippen molar-refractivity contribution >= 4 is 47.4 Å². The third-order valence-corrected chi connectivity index (χ3v) is 5.82. The predicted molar refractivity (Wildman–Crippen MR) is 119 cm³/mol. The van der Waals surface area contributed by atoms with E-state index in [9.17, 15) is 8.78 Å². The molecule has 1 atom stereocenters. The van der Waals surface area contributed by atoms with Gasteiger partial charge in [-0.15, -0.1) is 24.0 Å². The third kappa shape index (κ3) is 6.75. The number of hydrogen-bond donors (Lipinski definition) is 2. The van der Waals surface area contributed by atoms with Crippen LogP contribution in [0.15, 0.2) is 23.2 Å². The van der Waals surface area contributed by atoms with E-state index < -0.39 is 11.6 Å². The number of anilines is 1. The fraction of sp³-hybridized carbons (Fsp3) is 0.611. The summed E-state index contributed by atoms with van der Waals surface area (Å²) < 4.78 is 26.6. The van der Waals surface area contributed by atoms with Gasteiger partial charge in [-0.05, 0) is 44.6 Å². The lowest BCUT2D eigenvalue weighted by atomic mass is 10.1. The summed E-state index contributed by atoms with van der Waals surface area (Å²) in [6, 6.07) is 4.10. The topological polar surface area (TPSA) is 39.7 Å². The Bertz CT molecular complexity index is 613. The minimum absolute atomic E-state index is 0. The van der Waals surface area contributed by atoms with E-state index in [-0.39, 0.29) is 28.7 Å². The largest absolute Gasteiger partial charge is 0.371 e. The lowest BCUT2D eigenvalue weighted by Crippen LogP contribution is -2.44. The number of nitrogens with zero attached hydrogens (tertiary/aromatic N) is 2. The van der Waals surface area contributed by atoms with E-state index in [1.54, 1.807) is 13.1 Å². The van der Waals surface area contributed by atoms with E-state index in [0.29, 0.717) is 5.92 Å². The molecule has 1 fully saturated rings. The van der Waals surface area contributed by atoms with Gasteiger partial charge in [0.1, 0.15) is 0 Å². The molecule has 1 saturated heterocycles. The van der Waals surface area contributed by atoms with Crippen LogP contribution in [0.1, 0.15) is 20.3 Å². The van der Waals surface area contributed by atoms with Crippen LogP contribution in [0.25, 0.3) is 0 Å². The molecule has 1 aromatic carbocycles. The normalized spacial score (nSPS) is 17.8. The quantitative estimate of drug-likeness (QED) is 0.357. The van der Waals surface area contributed by atoms with E-state index in [2.05, 4.69) is 40.6 Å². The van der Waals surface area contributed by atoms with E-state index in [4.69, 9.17) is 0 Å². The zero-order chi connectivity index (χ0) is 18.4. The van der Waals surface area contributed by atoms with Gasteiger partial charge in [-0.1, -0.05) is 0 Å². The van der Waals surface area contributed by atoms with Crippen molar-refractivity contribution in [3.63, 3.8) is 0 Å². The van der Waals surface area contributed by atoms with Gasteiger partial charge >= 0.3 is 0 Å². The Hall–Kier alpha value is -0.770. The number of thioether (sulfide) groups is 1. The molecule has 1 aromatic rings. The molecule has 148 valence electrons. The standard InChI is InChI=1S/C18H28F2N4S.HI/c1-18(2,25-4)12-23-17(21-3)22-10-13-7-8-24(11-13)14-5-6-15(19)16(20)9-14;/h5-6,9,13H,7-8,10-12H2,1-4H3,(H2,21,22,23);1H. The summed E-state index contributed by atoms with van der Waals surface area (Å²) in [6.45, 7) is 7.69. The van der Waals surface area contributed by atoms with Crippen LogP contribution in [0.3, 0.4) is 0 Å². The molecule has 1 heterocycles. The lowest BCUT2D eigenvalue weighted by Gasteiger charge is -2.24. The highest BCUT2D eigenvalue weighted by molar-refractivity contribution is 14.0. The monoisotopic (exact) mass is 498 g/mol. The maximum absolute atomic E-state index is 13.4. The van der Waals surface area contributed by atoms with Crippen LogP contribution in [0.4, 0.5) is 14.5 Å². The van der Waals surface area contributed by atoms with Gasteiger partial charge in [0, 0.05) is 49.7 Å². The van der Waals surface area contributed by atoms with Gasteiger partial charge in [0.15, 0.2) is 17.6 Å². The smallest absolute Gasteiger partial charge is 0.191 e. The number of benzene rings is 1. The number of aliphatic imine (C=N–C) groups is 1. The van der Waals surface area contributed by atoms with Crippen molar-refractivity contribution < 1.29 is 8.78 Å². The van der Waals surface area contributed by atoms with Crippen molar-refractivity contribution in [3.8, 4) is 0 Å². The number of halogens is 3. The van der Waals surface area contributed by atoms with E-state index in [1.807, 2.05) is 11.8 Å². The van der Waals surface area contributed by atoms with Crippen LogP contribution < -0.4 is 15.5 Å². The molecule has 2 N–H and O–H groups in total. The van der Waals surface area contributed by atoms with Crippen molar-refractivity contribution in [2.45, 2.75) is 25.0 Å². The third-order valence-electron chi connectivity index (χ3n) is 4.57. The van der Waals surface area contributed by atoms with Gasteiger partial charge < -0.3 is 15.5 Å². The first-order valence-electron chi connectivity index (χ1n) is 8.54. The van der Waals surface area contributed by atoms with Crippen LogP contribution in [-0.4, -0.2) is 50.2 Å². The minimum atomic E-state index is -0.802. The summed E-state index contributed by atoms with van der Waals surface area (Å²) in [4.78, 5) is 6.36. The van der Waals surface area contributed by atoms with E-state index in [1.165, 1.54) is 12.1 Å². The zero-order valence-electron chi connectivity index (χ0n) is 15.8. The molecule has 1 aliphatic rings. The Balaban J connectivity index is 0.00000338. The molecule has 0 aromatic heterocycles. The molecule has 0 aliphatic carbocycles. The molecule has 4 nitrogen and oxygen atoms in total. The second-order valence-electron chi connectivity index (χ2n) is 6.97. The fourth-order valence-electron chi connectivity index (χ4n) is 2.75. The van der Waals surface area contributed by atoms with Gasteiger partial charge in [-0.25, -0.2) is 8.78 Å².